The summed E-state index contributed by atoms with van der Waals surface area (Å²) in [6.45, 7) is 1.27. The van der Waals surface area contributed by atoms with Crippen molar-refractivity contribution in [2.75, 3.05) is 13.1 Å². The van der Waals surface area contributed by atoms with Crippen molar-refractivity contribution < 1.29 is 9.59 Å². The molecule has 6 heteroatoms. The molecular weight excluding hydrogens is 292 g/mol. The van der Waals surface area contributed by atoms with Gasteiger partial charge in [0.15, 0.2) is 0 Å². The van der Waals surface area contributed by atoms with E-state index < -0.39 is 0 Å². The zero-order valence-electron chi connectivity index (χ0n) is 12.7. The molecule has 1 N–H and O–H groups in total. The lowest BCUT2D eigenvalue weighted by molar-refractivity contribution is 0.0697. The van der Waals surface area contributed by atoms with Gasteiger partial charge in [-0.25, -0.2) is 0 Å². The summed E-state index contributed by atoms with van der Waals surface area (Å²) in [7, 11) is 0. The van der Waals surface area contributed by atoms with Crippen molar-refractivity contribution in [3.8, 4) is 0 Å². The van der Waals surface area contributed by atoms with E-state index in [0.717, 1.165) is 12.8 Å². The molecule has 1 aliphatic heterocycles. The van der Waals surface area contributed by atoms with Gasteiger partial charge in [-0.1, -0.05) is 6.07 Å². The van der Waals surface area contributed by atoms with Gasteiger partial charge in [0, 0.05) is 43.3 Å². The number of nitrogens with one attached hydrogen (secondary N) is 1. The third-order valence-electron chi connectivity index (χ3n) is 3.94. The van der Waals surface area contributed by atoms with Gasteiger partial charge in [-0.3, -0.25) is 19.6 Å². The average Bonchev–Trinajstić information content (AvgIpc) is 2.63. The van der Waals surface area contributed by atoms with E-state index in [9.17, 15) is 9.59 Å². The topological polar surface area (TPSA) is 75.2 Å². The molecule has 23 heavy (non-hydrogen) atoms. The average molecular weight is 310 g/mol. The van der Waals surface area contributed by atoms with Crippen LogP contribution in [0.5, 0.6) is 0 Å². The van der Waals surface area contributed by atoms with Gasteiger partial charge in [0.05, 0.1) is 0 Å². The first-order valence-corrected chi connectivity index (χ1v) is 7.65. The predicted molar refractivity (Wildman–Crippen MR) is 84.9 cm³/mol. The quantitative estimate of drug-likeness (QED) is 0.932. The third kappa shape index (κ3) is 3.71. The van der Waals surface area contributed by atoms with E-state index in [0.29, 0.717) is 24.3 Å². The van der Waals surface area contributed by atoms with Gasteiger partial charge in [-0.2, -0.15) is 0 Å². The second-order valence-electron chi connectivity index (χ2n) is 5.49. The Morgan fingerprint density at radius 2 is 1.78 bits per heavy atom. The van der Waals surface area contributed by atoms with Crippen LogP contribution in [0.15, 0.2) is 48.9 Å². The van der Waals surface area contributed by atoms with Crippen LogP contribution < -0.4 is 5.32 Å². The van der Waals surface area contributed by atoms with Crippen LogP contribution in [0.25, 0.3) is 0 Å². The molecule has 0 unspecified atom stereocenters. The molecule has 0 aromatic carbocycles. The van der Waals surface area contributed by atoms with E-state index in [1.165, 1.54) is 0 Å². The number of nitrogens with zero attached hydrogens (tertiary/aromatic N) is 3. The Kier molecular flexibility index (Phi) is 4.61. The van der Waals surface area contributed by atoms with Crippen molar-refractivity contribution in [2.45, 2.75) is 18.9 Å². The van der Waals surface area contributed by atoms with Crippen molar-refractivity contribution in [1.82, 2.24) is 20.2 Å². The molecular formula is C17H18N4O2. The van der Waals surface area contributed by atoms with E-state index in [1.807, 2.05) is 4.90 Å². The number of carbonyl (C=O) groups excluding carboxylic acids is 2. The molecule has 0 aliphatic carbocycles. The number of hydrogen-bond acceptors (Lipinski definition) is 4. The predicted octanol–water partition coefficient (Wildman–Crippen LogP) is 1.51. The van der Waals surface area contributed by atoms with Gasteiger partial charge in [-0.15, -0.1) is 0 Å². The summed E-state index contributed by atoms with van der Waals surface area (Å²) in [5.74, 6) is -0.147. The van der Waals surface area contributed by atoms with Gasteiger partial charge < -0.3 is 10.2 Å². The molecule has 0 radical (unpaired) electrons. The monoisotopic (exact) mass is 310 g/mol. The Morgan fingerprint density at radius 1 is 1.04 bits per heavy atom. The number of likely N-dealkylation sites (tertiary alicyclic amines) is 1. The maximum absolute atomic E-state index is 12.4. The Hall–Kier alpha value is -2.76. The summed E-state index contributed by atoms with van der Waals surface area (Å²) < 4.78 is 0. The molecule has 3 rings (SSSR count). The fourth-order valence-electron chi connectivity index (χ4n) is 2.66. The lowest BCUT2D eigenvalue weighted by Crippen LogP contribution is -2.46. The highest BCUT2D eigenvalue weighted by molar-refractivity contribution is 5.94. The van der Waals surface area contributed by atoms with Crippen LogP contribution in [0, 0.1) is 0 Å². The van der Waals surface area contributed by atoms with Crippen LogP contribution in [-0.2, 0) is 0 Å². The van der Waals surface area contributed by atoms with Crippen molar-refractivity contribution in [1.29, 1.82) is 0 Å². The van der Waals surface area contributed by atoms with Crippen LogP contribution in [0.3, 0.4) is 0 Å². The number of aromatic nitrogens is 2. The number of amides is 2. The SMILES string of the molecule is O=C(NC1CCN(C(=O)c2ccncc2)CC1)c1ccccn1. The van der Waals surface area contributed by atoms with Gasteiger partial charge >= 0.3 is 0 Å². The Labute approximate surface area is 134 Å². The molecule has 2 aromatic rings. The van der Waals surface area contributed by atoms with Gasteiger partial charge in [0.25, 0.3) is 11.8 Å². The molecule has 118 valence electrons. The van der Waals surface area contributed by atoms with Crippen molar-refractivity contribution in [3.63, 3.8) is 0 Å². The summed E-state index contributed by atoms with van der Waals surface area (Å²) in [5, 5.41) is 2.98. The minimum absolute atomic E-state index is 0.0157. The lowest BCUT2D eigenvalue weighted by atomic mass is 10.0. The molecule has 1 saturated heterocycles. The van der Waals surface area contributed by atoms with E-state index in [1.54, 1.807) is 48.9 Å². The summed E-state index contributed by atoms with van der Waals surface area (Å²) >= 11 is 0. The zero-order valence-corrected chi connectivity index (χ0v) is 12.7. The smallest absolute Gasteiger partial charge is 0.270 e. The Bertz CT molecular complexity index is 668. The Balaban J connectivity index is 1.53. The largest absolute Gasteiger partial charge is 0.348 e. The molecule has 2 aromatic heterocycles. The molecule has 0 bridgehead atoms. The molecule has 3 heterocycles. The summed E-state index contributed by atoms with van der Waals surface area (Å²) in [6, 6.07) is 8.77. The van der Waals surface area contributed by atoms with Gasteiger partial charge in [0.1, 0.15) is 5.69 Å². The fourth-order valence-corrected chi connectivity index (χ4v) is 2.66. The molecule has 0 atom stereocenters. The number of pyridine rings is 2. The summed E-state index contributed by atoms with van der Waals surface area (Å²) in [4.78, 5) is 34.2. The van der Waals surface area contributed by atoms with Gasteiger partial charge in [0.2, 0.25) is 0 Å². The normalized spacial score (nSPS) is 15.2. The Morgan fingerprint density at radius 3 is 2.43 bits per heavy atom. The minimum atomic E-state index is -0.162. The van der Waals surface area contributed by atoms with Gasteiger partial charge in [-0.05, 0) is 37.1 Å². The molecule has 2 amide bonds. The first-order valence-electron chi connectivity index (χ1n) is 7.65. The first-order chi connectivity index (χ1) is 11.2. The minimum Gasteiger partial charge on any atom is -0.348 e. The first kappa shape index (κ1) is 15.1. The molecule has 6 nitrogen and oxygen atoms in total. The number of piperidine rings is 1. The van der Waals surface area contributed by atoms with Crippen LogP contribution in [0.4, 0.5) is 0 Å². The van der Waals surface area contributed by atoms with E-state index in [4.69, 9.17) is 0 Å². The molecule has 0 saturated carbocycles. The van der Waals surface area contributed by atoms with Crippen molar-refractivity contribution in [2.24, 2.45) is 0 Å². The molecule has 1 aliphatic rings. The van der Waals surface area contributed by atoms with E-state index in [-0.39, 0.29) is 17.9 Å². The molecule has 0 spiro atoms. The van der Waals surface area contributed by atoms with E-state index in [2.05, 4.69) is 15.3 Å². The van der Waals surface area contributed by atoms with Crippen LogP contribution in [-0.4, -0.2) is 45.8 Å². The number of hydrogen-bond donors (Lipinski definition) is 1. The highest BCUT2D eigenvalue weighted by Crippen LogP contribution is 2.14. The number of carbonyl (C=O) groups is 2. The second-order valence-corrected chi connectivity index (χ2v) is 5.49. The van der Waals surface area contributed by atoms with Crippen LogP contribution >= 0.6 is 0 Å². The van der Waals surface area contributed by atoms with Crippen molar-refractivity contribution >= 4 is 11.8 Å². The summed E-state index contributed by atoms with van der Waals surface area (Å²) in [5.41, 5.74) is 1.07. The van der Waals surface area contributed by atoms with Crippen LogP contribution in [0.2, 0.25) is 0 Å². The highest BCUT2D eigenvalue weighted by Gasteiger charge is 2.24. The van der Waals surface area contributed by atoms with Crippen molar-refractivity contribution in [3.05, 3.63) is 60.2 Å². The second kappa shape index (κ2) is 7.00. The summed E-state index contributed by atoms with van der Waals surface area (Å²) in [6.07, 6.45) is 6.33. The third-order valence-corrected chi connectivity index (χ3v) is 3.94. The van der Waals surface area contributed by atoms with Crippen LogP contribution in [0.1, 0.15) is 33.7 Å². The zero-order chi connectivity index (χ0) is 16.1. The fraction of sp³-hybridized carbons (Fsp3) is 0.294. The maximum atomic E-state index is 12.4. The molecule has 1 fully saturated rings. The number of rotatable bonds is 3. The van der Waals surface area contributed by atoms with E-state index >= 15 is 0 Å². The standard InChI is InChI=1S/C17H18N4O2/c22-16(15-3-1-2-8-19-15)20-14-6-11-21(12-7-14)17(23)13-4-9-18-10-5-13/h1-5,8-10,14H,6-7,11-12H2,(H,20,22). The maximum Gasteiger partial charge on any atom is 0.270 e. The highest BCUT2D eigenvalue weighted by atomic mass is 16.2. The lowest BCUT2D eigenvalue weighted by Gasteiger charge is -2.32.